The van der Waals surface area contributed by atoms with Crippen molar-refractivity contribution >= 4 is 23.2 Å². The van der Waals surface area contributed by atoms with E-state index in [9.17, 15) is 9.59 Å². The molecule has 4 nitrogen and oxygen atoms in total. The smallest absolute Gasteiger partial charge is 0.254 e. The first-order valence-corrected chi connectivity index (χ1v) is 9.63. The Morgan fingerprint density at radius 2 is 2.00 bits per heavy atom. The van der Waals surface area contributed by atoms with Gasteiger partial charge in [0.05, 0.1) is 12.0 Å². The molecule has 0 saturated carbocycles. The molecule has 1 aromatic carbocycles. The SMILES string of the molecule is CCNC(=O)[C@@H]1c2ccccc2C(=O)N(CC(C)C)[C@H]1c1cccs1. The molecule has 2 atom stereocenters. The topological polar surface area (TPSA) is 49.4 Å². The third-order valence-electron chi connectivity index (χ3n) is 4.47. The standard InChI is InChI=1S/C20H24N2O2S/c1-4-21-19(23)17-14-8-5-6-9-15(14)20(24)22(12-13(2)3)18(17)16-10-7-11-25-16/h5-11,13,17-18H,4,12H2,1-3H3,(H,21,23)/t17-,18+/m1/s1. The van der Waals surface area contributed by atoms with E-state index < -0.39 is 0 Å². The largest absolute Gasteiger partial charge is 0.356 e. The molecule has 0 aliphatic carbocycles. The highest BCUT2D eigenvalue weighted by Gasteiger charge is 2.44. The van der Waals surface area contributed by atoms with Crippen LogP contribution in [0.1, 0.15) is 53.5 Å². The van der Waals surface area contributed by atoms with E-state index in [0.717, 1.165) is 10.4 Å². The zero-order valence-electron chi connectivity index (χ0n) is 14.9. The fraction of sp³-hybridized carbons (Fsp3) is 0.400. The van der Waals surface area contributed by atoms with Crippen LogP contribution in [0.3, 0.4) is 0 Å². The lowest BCUT2D eigenvalue weighted by molar-refractivity contribution is -0.124. The lowest BCUT2D eigenvalue weighted by Crippen LogP contribution is -2.48. The van der Waals surface area contributed by atoms with Crippen LogP contribution in [0.2, 0.25) is 0 Å². The summed E-state index contributed by atoms with van der Waals surface area (Å²) in [5.74, 6) is -0.0596. The second-order valence-electron chi connectivity index (χ2n) is 6.77. The molecule has 0 unspecified atom stereocenters. The van der Waals surface area contributed by atoms with Gasteiger partial charge in [-0.3, -0.25) is 9.59 Å². The molecular formula is C20H24N2O2S. The van der Waals surface area contributed by atoms with Crippen molar-refractivity contribution in [2.45, 2.75) is 32.7 Å². The lowest BCUT2D eigenvalue weighted by atomic mass is 9.81. The third-order valence-corrected chi connectivity index (χ3v) is 5.41. The van der Waals surface area contributed by atoms with E-state index in [4.69, 9.17) is 0 Å². The molecule has 132 valence electrons. The summed E-state index contributed by atoms with van der Waals surface area (Å²) in [5, 5.41) is 4.97. The monoisotopic (exact) mass is 356 g/mol. The summed E-state index contributed by atoms with van der Waals surface area (Å²) in [6, 6.07) is 11.3. The van der Waals surface area contributed by atoms with E-state index in [1.165, 1.54) is 0 Å². The van der Waals surface area contributed by atoms with Gasteiger partial charge >= 0.3 is 0 Å². The number of carbonyl (C=O) groups is 2. The first-order valence-electron chi connectivity index (χ1n) is 8.75. The van der Waals surface area contributed by atoms with Crippen LogP contribution in [-0.4, -0.2) is 29.8 Å². The summed E-state index contributed by atoms with van der Waals surface area (Å²) in [6.45, 7) is 7.32. The normalized spacial score (nSPS) is 19.8. The Morgan fingerprint density at radius 1 is 1.24 bits per heavy atom. The molecule has 2 heterocycles. The molecule has 1 N–H and O–H groups in total. The van der Waals surface area contributed by atoms with Crippen LogP contribution in [0.5, 0.6) is 0 Å². The van der Waals surface area contributed by atoms with Gasteiger partial charge in [-0.1, -0.05) is 38.1 Å². The second-order valence-corrected chi connectivity index (χ2v) is 7.75. The van der Waals surface area contributed by atoms with Gasteiger partial charge in [-0.25, -0.2) is 0 Å². The minimum Gasteiger partial charge on any atom is -0.356 e. The quantitative estimate of drug-likeness (QED) is 0.885. The zero-order valence-corrected chi connectivity index (χ0v) is 15.7. The Kier molecular flexibility index (Phi) is 5.23. The van der Waals surface area contributed by atoms with E-state index in [-0.39, 0.29) is 23.8 Å². The Bertz CT molecular complexity index is 755. The molecule has 0 bridgehead atoms. The molecular weight excluding hydrogens is 332 g/mol. The maximum absolute atomic E-state index is 13.2. The Morgan fingerprint density at radius 3 is 2.64 bits per heavy atom. The number of nitrogens with zero attached hydrogens (tertiary/aromatic N) is 1. The van der Waals surface area contributed by atoms with Crippen LogP contribution in [0, 0.1) is 5.92 Å². The summed E-state index contributed by atoms with van der Waals surface area (Å²) >= 11 is 1.60. The number of benzene rings is 1. The van der Waals surface area contributed by atoms with Crippen LogP contribution in [0.15, 0.2) is 41.8 Å². The van der Waals surface area contributed by atoms with Crippen LogP contribution in [0.4, 0.5) is 0 Å². The van der Waals surface area contributed by atoms with E-state index in [2.05, 4.69) is 19.2 Å². The molecule has 2 amide bonds. The van der Waals surface area contributed by atoms with Gasteiger partial charge in [0.1, 0.15) is 0 Å². The number of thiophene rings is 1. The molecule has 0 spiro atoms. The molecule has 2 aromatic rings. The van der Waals surface area contributed by atoms with Crippen molar-refractivity contribution in [2.24, 2.45) is 5.92 Å². The van der Waals surface area contributed by atoms with E-state index in [1.807, 2.05) is 53.6 Å². The Hall–Kier alpha value is -2.14. The highest BCUT2D eigenvalue weighted by atomic mass is 32.1. The molecule has 3 rings (SSSR count). The Balaban J connectivity index is 2.17. The fourth-order valence-electron chi connectivity index (χ4n) is 3.53. The van der Waals surface area contributed by atoms with E-state index in [1.54, 1.807) is 11.3 Å². The average Bonchev–Trinajstić information content (AvgIpc) is 3.11. The number of nitrogens with one attached hydrogen (secondary N) is 1. The average molecular weight is 356 g/mol. The number of amides is 2. The molecule has 0 fully saturated rings. The van der Waals surface area contributed by atoms with Crippen LogP contribution in [-0.2, 0) is 4.79 Å². The molecule has 5 heteroatoms. The molecule has 0 saturated heterocycles. The van der Waals surface area contributed by atoms with E-state index in [0.29, 0.717) is 24.6 Å². The zero-order chi connectivity index (χ0) is 18.0. The van der Waals surface area contributed by atoms with Gasteiger partial charge in [0.25, 0.3) is 5.91 Å². The third kappa shape index (κ3) is 3.33. The predicted octanol–water partition coefficient (Wildman–Crippen LogP) is 3.82. The maximum Gasteiger partial charge on any atom is 0.254 e. The van der Waals surface area contributed by atoms with Crippen molar-refractivity contribution in [3.05, 3.63) is 57.8 Å². The van der Waals surface area contributed by atoms with Crippen molar-refractivity contribution in [1.29, 1.82) is 0 Å². The summed E-state index contributed by atoms with van der Waals surface area (Å²) < 4.78 is 0. The molecule has 1 aliphatic rings. The van der Waals surface area contributed by atoms with Gasteiger partial charge in [-0.15, -0.1) is 11.3 Å². The second kappa shape index (κ2) is 7.40. The van der Waals surface area contributed by atoms with Gasteiger partial charge in [-0.2, -0.15) is 0 Å². The highest BCUT2D eigenvalue weighted by molar-refractivity contribution is 7.10. The number of likely N-dealkylation sites (N-methyl/N-ethyl adjacent to an activating group) is 1. The van der Waals surface area contributed by atoms with Crippen molar-refractivity contribution in [1.82, 2.24) is 10.2 Å². The summed E-state index contributed by atoms with van der Waals surface area (Å²) in [7, 11) is 0. The summed E-state index contributed by atoms with van der Waals surface area (Å²) in [5.41, 5.74) is 1.48. The number of hydrogen-bond donors (Lipinski definition) is 1. The number of rotatable bonds is 5. The first-order chi connectivity index (χ1) is 12.0. The van der Waals surface area contributed by atoms with Crippen molar-refractivity contribution in [2.75, 3.05) is 13.1 Å². The minimum absolute atomic E-state index is 0.0169. The lowest BCUT2D eigenvalue weighted by Gasteiger charge is -2.42. The number of hydrogen-bond acceptors (Lipinski definition) is 3. The van der Waals surface area contributed by atoms with Crippen LogP contribution >= 0.6 is 11.3 Å². The number of fused-ring (bicyclic) bond motifs is 1. The number of carbonyl (C=O) groups excluding carboxylic acids is 2. The minimum atomic E-state index is -0.383. The predicted molar refractivity (Wildman–Crippen MR) is 101 cm³/mol. The molecule has 1 aromatic heterocycles. The van der Waals surface area contributed by atoms with Gasteiger partial charge in [-0.05, 0) is 35.9 Å². The van der Waals surface area contributed by atoms with Crippen LogP contribution in [0.25, 0.3) is 0 Å². The molecule has 1 aliphatic heterocycles. The van der Waals surface area contributed by atoms with Gasteiger partial charge in [0.15, 0.2) is 0 Å². The van der Waals surface area contributed by atoms with Crippen molar-refractivity contribution in [3.63, 3.8) is 0 Å². The maximum atomic E-state index is 13.2. The van der Waals surface area contributed by atoms with Gasteiger partial charge in [0, 0.05) is 23.5 Å². The van der Waals surface area contributed by atoms with E-state index >= 15 is 0 Å². The van der Waals surface area contributed by atoms with Crippen molar-refractivity contribution < 1.29 is 9.59 Å². The first kappa shape index (κ1) is 17.7. The van der Waals surface area contributed by atoms with Crippen molar-refractivity contribution in [3.8, 4) is 0 Å². The molecule has 25 heavy (non-hydrogen) atoms. The van der Waals surface area contributed by atoms with Gasteiger partial charge in [0.2, 0.25) is 5.91 Å². The fourth-order valence-corrected chi connectivity index (χ4v) is 4.40. The summed E-state index contributed by atoms with van der Waals surface area (Å²) in [6.07, 6.45) is 0. The molecule has 0 radical (unpaired) electrons. The van der Waals surface area contributed by atoms with Crippen LogP contribution < -0.4 is 5.32 Å². The highest BCUT2D eigenvalue weighted by Crippen LogP contribution is 2.44. The summed E-state index contributed by atoms with van der Waals surface area (Å²) in [4.78, 5) is 29.1. The van der Waals surface area contributed by atoms with Gasteiger partial charge < -0.3 is 10.2 Å². The Labute approximate surface area is 152 Å².